The fraction of sp³-hybridized carbons (Fsp3) is 0.310. The molecule has 0 bridgehead atoms. The van der Waals surface area contributed by atoms with E-state index in [1.165, 1.54) is 11.3 Å². The predicted molar refractivity (Wildman–Crippen MR) is 139 cm³/mol. The maximum absolute atomic E-state index is 5.14. The van der Waals surface area contributed by atoms with Gasteiger partial charge >= 0.3 is 0 Å². The molecule has 2 aliphatic heterocycles. The maximum atomic E-state index is 5.14. The maximum Gasteiger partial charge on any atom is 0.179 e. The van der Waals surface area contributed by atoms with Crippen molar-refractivity contribution in [1.82, 2.24) is 9.97 Å². The van der Waals surface area contributed by atoms with Crippen molar-refractivity contribution in [3.05, 3.63) is 84.4 Å². The van der Waals surface area contributed by atoms with E-state index in [1.807, 2.05) is 26.0 Å². The van der Waals surface area contributed by atoms with E-state index in [4.69, 9.17) is 9.97 Å². The molecule has 0 saturated carbocycles. The first kappa shape index (κ1) is 21.4. The molecule has 0 radical (unpaired) electrons. The minimum atomic E-state index is 0.0618. The molecule has 1 aromatic heterocycles. The van der Waals surface area contributed by atoms with Gasteiger partial charge in [0.2, 0.25) is 0 Å². The Morgan fingerprint density at radius 1 is 0.758 bits per heavy atom. The van der Waals surface area contributed by atoms with Gasteiger partial charge in [0.15, 0.2) is 11.6 Å². The van der Waals surface area contributed by atoms with Crippen molar-refractivity contribution in [2.75, 3.05) is 9.80 Å². The zero-order valence-corrected chi connectivity index (χ0v) is 20.2. The van der Waals surface area contributed by atoms with Gasteiger partial charge < -0.3 is 9.80 Å². The van der Waals surface area contributed by atoms with E-state index in [0.717, 1.165) is 34.8 Å². The van der Waals surface area contributed by atoms with Crippen molar-refractivity contribution in [2.24, 2.45) is 5.92 Å². The molecule has 6 rings (SSSR count). The van der Waals surface area contributed by atoms with Crippen LogP contribution in [-0.4, -0.2) is 16.1 Å². The second-order valence-electron chi connectivity index (χ2n) is 8.93. The fourth-order valence-corrected chi connectivity index (χ4v) is 5.49. The highest BCUT2D eigenvalue weighted by molar-refractivity contribution is 5.91. The molecular weight excluding hydrogens is 404 g/mol. The lowest BCUT2D eigenvalue weighted by atomic mass is 9.66. The van der Waals surface area contributed by atoms with Gasteiger partial charge in [-0.25, -0.2) is 9.97 Å². The highest BCUT2D eigenvalue weighted by Crippen LogP contribution is 2.57. The van der Waals surface area contributed by atoms with Crippen molar-refractivity contribution >= 4 is 34.0 Å². The minimum Gasteiger partial charge on any atom is -0.302 e. The van der Waals surface area contributed by atoms with Gasteiger partial charge in [0.05, 0.1) is 11.0 Å². The Hall–Kier alpha value is -3.40. The third-order valence-electron chi connectivity index (χ3n) is 7.52. The van der Waals surface area contributed by atoms with Gasteiger partial charge in [-0.2, -0.15) is 0 Å². The second kappa shape index (κ2) is 8.18. The SMILES string of the molecule is CC.CCC1(C)c2ccccc2N2c3nc4ccccc4nc3N(c3ccccc3)C2C1C. The fourth-order valence-electron chi connectivity index (χ4n) is 5.49. The minimum absolute atomic E-state index is 0.0618. The molecule has 0 fully saturated rings. The highest BCUT2D eigenvalue weighted by Gasteiger charge is 2.53. The van der Waals surface area contributed by atoms with Gasteiger partial charge in [-0.3, -0.25) is 0 Å². The molecule has 4 heteroatoms. The molecular formula is C29H32N4. The number of benzene rings is 3. The van der Waals surface area contributed by atoms with E-state index in [9.17, 15) is 0 Å². The lowest BCUT2D eigenvalue weighted by Gasteiger charge is -2.50. The van der Waals surface area contributed by atoms with Crippen LogP contribution in [0.25, 0.3) is 11.0 Å². The van der Waals surface area contributed by atoms with E-state index in [-0.39, 0.29) is 11.6 Å². The van der Waals surface area contributed by atoms with Crippen LogP contribution >= 0.6 is 0 Å². The number of fused-ring (bicyclic) bond motifs is 6. The Balaban J connectivity index is 0.00000111. The average molecular weight is 437 g/mol. The van der Waals surface area contributed by atoms with Crippen LogP contribution < -0.4 is 9.80 Å². The normalized spacial score (nSPS) is 22.8. The van der Waals surface area contributed by atoms with Crippen LogP contribution in [0.5, 0.6) is 0 Å². The molecule has 2 aliphatic rings. The molecule has 4 nitrogen and oxygen atoms in total. The first-order valence-corrected chi connectivity index (χ1v) is 12.1. The first-order valence-electron chi connectivity index (χ1n) is 12.1. The molecule has 3 unspecified atom stereocenters. The summed E-state index contributed by atoms with van der Waals surface area (Å²) in [6, 6.07) is 27.7. The largest absolute Gasteiger partial charge is 0.302 e. The van der Waals surface area contributed by atoms with Crippen molar-refractivity contribution in [3.8, 4) is 0 Å². The molecule has 3 atom stereocenters. The zero-order chi connectivity index (χ0) is 23.2. The number of rotatable bonds is 2. The monoisotopic (exact) mass is 436 g/mol. The molecule has 3 heterocycles. The van der Waals surface area contributed by atoms with E-state index >= 15 is 0 Å². The van der Waals surface area contributed by atoms with Gasteiger partial charge in [0.1, 0.15) is 6.17 Å². The Labute approximate surface area is 196 Å². The second-order valence-corrected chi connectivity index (χ2v) is 8.93. The summed E-state index contributed by atoms with van der Waals surface area (Å²) in [5.74, 6) is 2.26. The third kappa shape index (κ3) is 3.04. The molecule has 4 aromatic rings. The molecule has 0 amide bonds. The van der Waals surface area contributed by atoms with Gasteiger partial charge in [-0.05, 0) is 42.3 Å². The summed E-state index contributed by atoms with van der Waals surface area (Å²) >= 11 is 0. The molecule has 33 heavy (non-hydrogen) atoms. The van der Waals surface area contributed by atoms with Crippen LogP contribution in [0.4, 0.5) is 23.0 Å². The van der Waals surface area contributed by atoms with Crippen molar-refractivity contribution in [3.63, 3.8) is 0 Å². The summed E-state index contributed by atoms with van der Waals surface area (Å²) in [6.07, 6.45) is 1.20. The molecule has 0 saturated heterocycles. The zero-order valence-electron chi connectivity index (χ0n) is 20.2. The van der Waals surface area contributed by atoms with E-state index in [1.54, 1.807) is 0 Å². The van der Waals surface area contributed by atoms with Crippen molar-refractivity contribution in [2.45, 2.75) is 52.6 Å². The van der Waals surface area contributed by atoms with E-state index in [2.05, 4.69) is 97.3 Å². The predicted octanol–water partition coefficient (Wildman–Crippen LogP) is 7.59. The van der Waals surface area contributed by atoms with Gasteiger partial charge in [-0.1, -0.05) is 83.1 Å². The number of anilines is 4. The van der Waals surface area contributed by atoms with Crippen LogP contribution in [0.3, 0.4) is 0 Å². The Kier molecular flexibility index (Phi) is 5.32. The molecule has 0 spiro atoms. The molecule has 0 aliphatic carbocycles. The van der Waals surface area contributed by atoms with Crippen LogP contribution in [0.1, 0.15) is 46.6 Å². The third-order valence-corrected chi connectivity index (χ3v) is 7.52. The molecule has 168 valence electrons. The number of hydrogen-bond donors (Lipinski definition) is 0. The van der Waals surface area contributed by atoms with Gasteiger partial charge in [-0.15, -0.1) is 0 Å². The number of aromatic nitrogens is 2. The Morgan fingerprint density at radius 2 is 1.30 bits per heavy atom. The summed E-state index contributed by atoms with van der Waals surface area (Å²) in [6.45, 7) is 11.1. The number of nitrogens with zero attached hydrogens (tertiary/aromatic N) is 4. The summed E-state index contributed by atoms with van der Waals surface area (Å²) in [7, 11) is 0. The lowest BCUT2D eigenvalue weighted by molar-refractivity contribution is 0.249. The summed E-state index contributed by atoms with van der Waals surface area (Å²) in [5.41, 5.74) is 5.73. The summed E-state index contributed by atoms with van der Waals surface area (Å²) < 4.78 is 0. The van der Waals surface area contributed by atoms with Crippen molar-refractivity contribution < 1.29 is 0 Å². The Bertz CT molecular complexity index is 1290. The van der Waals surface area contributed by atoms with Crippen LogP contribution in [0.15, 0.2) is 78.9 Å². The Morgan fingerprint density at radius 3 is 1.94 bits per heavy atom. The quantitative estimate of drug-likeness (QED) is 0.324. The van der Waals surface area contributed by atoms with E-state index in [0.29, 0.717) is 5.92 Å². The van der Waals surface area contributed by atoms with Crippen LogP contribution in [-0.2, 0) is 5.41 Å². The van der Waals surface area contributed by atoms with Gasteiger partial charge in [0.25, 0.3) is 0 Å². The topological polar surface area (TPSA) is 32.3 Å². The standard InChI is InChI=1S/C27H26N4.C2H6/c1-4-27(3)18(2)26-30(19-12-6-5-7-13-19)24-25(29-22-16-10-9-15-21(22)28-24)31(26)23-17-11-8-14-20(23)27;1-2/h5-18,26H,4H2,1-3H3;1-2H3. The summed E-state index contributed by atoms with van der Waals surface area (Å²) in [5, 5.41) is 0. The van der Waals surface area contributed by atoms with Gasteiger partial charge in [0, 0.05) is 22.7 Å². The number of hydrogen-bond acceptors (Lipinski definition) is 4. The summed E-state index contributed by atoms with van der Waals surface area (Å²) in [4.78, 5) is 15.1. The molecule has 3 aromatic carbocycles. The average Bonchev–Trinajstić information content (AvgIpc) is 3.21. The van der Waals surface area contributed by atoms with Crippen molar-refractivity contribution in [1.29, 1.82) is 0 Å². The van der Waals surface area contributed by atoms with E-state index < -0.39 is 0 Å². The first-order chi connectivity index (χ1) is 16.1. The number of para-hydroxylation sites is 4. The smallest absolute Gasteiger partial charge is 0.179 e. The highest BCUT2D eigenvalue weighted by atomic mass is 15.5. The van der Waals surface area contributed by atoms with Crippen LogP contribution in [0.2, 0.25) is 0 Å². The lowest BCUT2D eigenvalue weighted by Crippen LogP contribution is -2.54. The molecule has 0 N–H and O–H groups in total. The van der Waals surface area contributed by atoms with Crippen LogP contribution in [0, 0.1) is 5.92 Å².